The lowest BCUT2D eigenvalue weighted by Gasteiger charge is -2.14. The van der Waals surface area contributed by atoms with Crippen molar-refractivity contribution in [2.45, 2.75) is 19.4 Å². The molecule has 0 amide bonds. The van der Waals surface area contributed by atoms with E-state index in [2.05, 4.69) is 15.9 Å². The predicted octanol–water partition coefficient (Wildman–Crippen LogP) is 3.07. The van der Waals surface area contributed by atoms with Gasteiger partial charge in [-0.2, -0.15) is 0 Å². The molecule has 0 aromatic heterocycles. The number of rotatable bonds is 3. The number of hydrogen-bond donors (Lipinski definition) is 0. The monoisotopic (exact) mass is 298 g/mol. The Labute approximate surface area is 109 Å². The van der Waals surface area contributed by atoms with Gasteiger partial charge < -0.3 is 9.47 Å². The van der Waals surface area contributed by atoms with Crippen LogP contribution >= 0.6 is 15.9 Å². The van der Waals surface area contributed by atoms with E-state index in [0.717, 1.165) is 16.6 Å². The predicted molar refractivity (Wildman–Crippen MR) is 68.5 cm³/mol. The second kappa shape index (κ2) is 5.19. The molecule has 1 aliphatic rings. The van der Waals surface area contributed by atoms with E-state index in [0.29, 0.717) is 12.2 Å². The Morgan fingerprint density at radius 2 is 2.29 bits per heavy atom. The van der Waals surface area contributed by atoms with Crippen LogP contribution in [0.1, 0.15) is 23.7 Å². The normalized spacial score (nSPS) is 23.7. The highest BCUT2D eigenvalue weighted by Crippen LogP contribution is 2.29. The number of halogens is 1. The number of ketones is 1. The number of methoxy groups -OCH3 is 1. The van der Waals surface area contributed by atoms with Crippen molar-refractivity contribution in [2.75, 3.05) is 13.7 Å². The van der Waals surface area contributed by atoms with Crippen molar-refractivity contribution in [1.82, 2.24) is 0 Å². The topological polar surface area (TPSA) is 35.5 Å². The van der Waals surface area contributed by atoms with E-state index in [1.54, 1.807) is 25.3 Å². The van der Waals surface area contributed by atoms with Gasteiger partial charge in [0.15, 0.2) is 5.78 Å². The minimum Gasteiger partial charge on any atom is -0.497 e. The van der Waals surface area contributed by atoms with Gasteiger partial charge in [-0.3, -0.25) is 4.79 Å². The number of carbonyl (C=O) groups excluding carboxylic acids is 1. The van der Waals surface area contributed by atoms with Crippen molar-refractivity contribution in [2.24, 2.45) is 5.92 Å². The van der Waals surface area contributed by atoms with Gasteiger partial charge in [-0.1, -0.05) is 6.92 Å². The van der Waals surface area contributed by atoms with Gasteiger partial charge in [0, 0.05) is 16.6 Å². The number of Topliss-reactive ketones (excluding diaryl/α,β-unsaturated/α-hetero) is 1. The summed E-state index contributed by atoms with van der Waals surface area (Å²) in [6.45, 7) is 2.72. The second-order valence-corrected chi connectivity index (χ2v) is 5.12. The maximum atomic E-state index is 12.3. The van der Waals surface area contributed by atoms with Crippen LogP contribution in [-0.4, -0.2) is 25.6 Å². The van der Waals surface area contributed by atoms with Crippen LogP contribution in [0.25, 0.3) is 0 Å². The molecule has 1 aromatic rings. The summed E-state index contributed by atoms with van der Waals surface area (Å²) in [6, 6.07) is 5.37. The van der Waals surface area contributed by atoms with Crippen molar-refractivity contribution in [3.8, 4) is 5.75 Å². The summed E-state index contributed by atoms with van der Waals surface area (Å²) in [7, 11) is 1.60. The zero-order valence-electron chi connectivity index (χ0n) is 9.90. The molecular weight excluding hydrogens is 284 g/mol. The van der Waals surface area contributed by atoms with Crippen LogP contribution in [0.3, 0.4) is 0 Å². The molecule has 2 unspecified atom stereocenters. The third kappa shape index (κ3) is 2.53. The molecule has 2 atom stereocenters. The van der Waals surface area contributed by atoms with Crippen molar-refractivity contribution < 1.29 is 14.3 Å². The van der Waals surface area contributed by atoms with Gasteiger partial charge in [0.25, 0.3) is 0 Å². The summed E-state index contributed by atoms with van der Waals surface area (Å²) in [5.74, 6) is 1.06. The van der Waals surface area contributed by atoms with E-state index in [9.17, 15) is 4.79 Å². The molecule has 3 nitrogen and oxygen atoms in total. The third-order valence-corrected chi connectivity index (χ3v) is 3.74. The van der Waals surface area contributed by atoms with Crippen LogP contribution < -0.4 is 4.74 Å². The standard InChI is InChI=1S/C13H15BrO3/c1-8-5-6-17-13(8)12(15)10-4-3-9(16-2)7-11(10)14/h3-4,7-8,13H,5-6H2,1-2H3. The molecule has 0 saturated carbocycles. The van der Waals surface area contributed by atoms with Crippen molar-refractivity contribution >= 4 is 21.7 Å². The number of benzene rings is 1. The number of ether oxygens (including phenoxy) is 2. The van der Waals surface area contributed by atoms with Crippen LogP contribution in [-0.2, 0) is 4.74 Å². The molecule has 1 aromatic carbocycles. The first-order chi connectivity index (χ1) is 8.13. The maximum Gasteiger partial charge on any atom is 0.192 e. The molecule has 1 heterocycles. The van der Waals surface area contributed by atoms with E-state index in [1.165, 1.54) is 0 Å². The highest BCUT2D eigenvalue weighted by molar-refractivity contribution is 9.10. The lowest BCUT2D eigenvalue weighted by molar-refractivity contribution is 0.0578. The Kier molecular flexibility index (Phi) is 3.84. The average molecular weight is 299 g/mol. The summed E-state index contributed by atoms with van der Waals surface area (Å²) >= 11 is 3.40. The minimum atomic E-state index is -0.306. The van der Waals surface area contributed by atoms with Crippen LogP contribution in [0.15, 0.2) is 22.7 Å². The molecule has 0 radical (unpaired) electrons. The van der Waals surface area contributed by atoms with E-state index >= 15 is 0 Å². The zero-order chi connectivity index (χ0) is 12.4. The molecular formula is C13H15BrO3. The SMILES string of the molecule is COc1ccc(C(=O)C2OCCC2C)c(Br)c1. The fourth-order valence-corrected chi connectivity index (χ4v) is 2.56. The molecule has 0 N–H and O–H groups in total. The molecule has 17 heavy (non-hydrogen) atoms. The van der Waals surface area contributed by atoms with Gasteiger partial charge in [0.1, 0.15) is 11.9 Å². The Bertz CT molecular complexity index is 431. The Morgan fingerprint density at radius 1 is 1.53 bits per heavy atom. The number of hydrogen-bond acceptors (Lipinski definition) is 3. The number of carbonyl (C=O) groups is 1. The maximum absolute atomic E-state index is 12.3. The summed E-state index contributed by atoms with van der Waals surface area (Å²) in [5, 5.41) is 0. The molecule has 1 saturated heterocycles. The zero-order valence-corrected chi connectivity index (χ0v) is 11.5. The van der Waals surface area contributed by atoms with Crippen molar-refractivity contribution in [3.05, 3.63) is 28.2 Å². The fourth-order valence-electron chi connectivity index (χ4n) is 2.01. The van der Waals surface area contributed by atoms with Gasteiger partial charge in [-0.25, -0.2) is 0 Å². The third-order valence-electron chi connectivity index (χ3n) is 3.09. The van der Waals surface area contributed by atoms with Crippen molar-refractivity contribution in [3.63, 3.8) is 0 Å². The summed E-state index contributed by atoms with van der Waals surface area (Å²) in [5.41, 5.74) is 0.657. The summed E-state index contributed by atoms with van der Waals surface area (Å²) < 4.78 is 11.3. The van der Waals surface area contributed by atoms with Crippen LogP contribution in [0.4, 0.5) is 0 Å². The van der Waals surface area contributed by atoms with Gasteiger partial charge in [-0.05, 0) is 46.5 Å². The van der Waals surface area contributed by atoms with Gasteiger partial charge in [0.05, 0.1) is 7.11 Å². The Balaban J connectivity index is 2.25. The highest BCUT2D eigenvalue weighted by atomic mass is 79.9. The van der Waals surface area contributed by atoms with Gasteiger partial charge >= 0.3 is 0 Å². The fraction of sp³-hybridized carbons (Fsp3) is 0.462. The highest BCUT2D eigenvalue weighted by Gasteiger charge is 2.32. The average Bonchev–Trinajstić information content (AvgIpc) is 2.74. The molecule has 1 aliphatic heterocycles. The van der Waals surface area contributed by atoms with E-state index in [-0.39, 0.29) is 17.8 Å². The second-order valence-electron chi connectivity index (χ2n) is 4.27. The molecule has 4 heteroatoms. The smallest absolute Gasteiger partial charge is 0.192 e. The molecule has 0 aliphatic carbocycles. The quantitative estimate of drug-likeness (QED) is 0.805. The largest absolute Gasteiger partial charge is 0.497 e. The van der Waals surface area contributed by atoms with Crippen LogP contribution in [0, 0.1) is 5.92 Å². The molecule has 0 spiro atoms. The van der Waals surface area contributed by atoms with E-state index < -0.39 is 0 Å². The lowest BCUT2D eigenvalue weighted by Crippen LogP contribution is -2.25. The van der Waals surface area contributed by atoms with E-state index in [4.69, 9.17) is 9.47 Å². The lowest BCUT2D eigenvalue weighted by atomic mass is 9.96. The van der Waals surface area contributed by atoms with Gasteiger partial charge in [-0.15, -0.1) is 0 Å². The van der Waals surface area contributed by atoms with E-state index in [1.807, 2.05) is 6.92 Å². The first-order valence-corrected chi connectivity index (χ1v) is 6.42. The molecule has 2 rings (SSSR count). The molecule has 1 fully saturated rings. The van der Waals surface area contributed by atoms with Crippen LogP contribution in [0.2, 0.25) is 0 Å². The first kappa shape index (κ1) is 12.6. The molecule has 0 bridgehead atoms. The first-order valence-electron chi connectivity index (χ1n) is 5.63. The summed E-state index contributed by atoms with van der Waals surface area (Å²) in [6.07, 6.45) is 0.643. The van der Waals surface area contributed by atoms with Crippen molar-refractivity contribution in [1.29, 1.82) is 0 Å². The van der Waals surface area contributed by atoms with Gasteiger partial charge in [0.2, 0.25) is 0 Å². The summed E-state index contributed by atoms with van der Waals surface area (Å²) in [4.78, 5) is 12.3. The minimum absolute atomic E-state index is 0.0459. The Hall–Kier alpha value is -0.870. The van der Waals surface area contributed by atoms with Crippen LogP contribution in [0.5, 0.6) is 5.75 Å². The molecule has 92 valence electrons. The Morgan fingerprint density at radius 3 is 2.82 bits per heavy atom.